The molecule has 1 fully saturated rings. The first-order chi connectivity index (χ1) is 13.0. The number of ether oxygens (including phenoxy) is 1. The van der Waals surface area contributed by atoms with E-state index >= 15 is 0 Å². The Bertz CT molecular complexity index is 1040. The number of hydrogen-bond donors (Lipinski definition) is 2. The summed E-state index contributed by atoms with van der Waals surface area (Å²) in [5.41, 5.74) is 2.24. The van der Waals surface area contributed by atoms with Crippen LogP contribution in [0.5, 0.6) is 5.75 Å². The maximum atomic E-state index is 12.5. The summed E-state index contributed by atoms with van der Waals surface area (Å²) in [6.07, 6.45) is 3.54. The summed E-state index contributed by atoms with van der Waals surface area (Å²) < 4.78 is 4.96. The number of rotatable bonds is 5. The molecular weight excluding hydrogens is 348 g/mol. The second kappa shape index (κ2) is 6.71. The highest BCUT2D eigenvalue weighted by molar-refractivity contribution is 6.05. The average Bonchev–Trinajstić information content (AvgIpc) is 3.01. The van der Waals surface area contributed by atoms with Gasteiger partial charge in [-0.3, -0.25) is 14.9 Å². The first-order valence-electron chi connectivity index (χ1n) is 8.68. The lowest BCUT2D eigenvalue weighted by Crippen LogP contribution is -2.12. The number of fused-ring (bicyclic) bond motifs is 1. The number of imidazole rings is 1. The molecule has 1 saturated carbocycles. The number of nitro benzene ring substituents is 1. The molecule has 1 heterocycles. The molecule has 0 atom stereocenters. The Kier molecular flexibility index (Phi) is 4.23. The number of hydrogen-bond acceptors (Lipinski definition) is 5. The number of carbonyl (C=O) groups is 1. The van der Waals surface area contributed by atoms with Crippen molar-refractivity contribution in [2.75, 3.05) is 12.4 Å². The summed E-state index contributed by atoms with van der Waals surface area (Å²) in [4.78, 5) is 31.0. The largest absolute Gasteiger partial charge is 0.490 e. The topological polar surface area (TPSA) is 110 Å². The number of nitrogens with one attached hydrogen (secondary N) is 2. The van der Waals surface area contributed by atoms with Gasteiger partial charge in [0.15, 0.2) is 5.75 Å². The number of benzene rings is 2. The van der Waals surface area contributed by atoms with Crippen LogP contribution in [0.3, 0.4) is 0 Å². The van der Waals surface area contributed by atoms with E-state index in [1.54, 1.807) is 6.07 Å². The molecule has 0 spiro atoms. The zero-order valence-electron chi connectivity index (χ0n) is 14.7. The van der Waals surface area contributed by atoms with Crippen molar-refractivity contribution >= 4 is 28.3 Å². The van der Waals surface area contributed by atoms with Crippen LogP contribution >= 0.6 is 0 Å². The third-order valence-corrected chi connectivity index (χ3v) is 4.89. The molecule has 0 saturated heterocycles. The number of H-pyrrole nitrogens is 1. The van der Waals surface area contributed by atoms with Gasteiger partial charge in [0.1, 0.15) is 5.82 Å². The van der Waals surface area contributed by atoms with Gasteiger partial charge in [0.05, 0.1) is 23.1 Å². The number of nitrogens with zero attached hydrogens (tertiary/aromatic N) is 2. The van der Waals surface area contributed by atoms with Gasteiger partial charge in [0, 0.05) is 23.2 Å². The van der Waals surface area contributed by atoms with Crippen molar-refractivity contribution in [1.82, 2.24) is 9.97 Å². The van der Waals surface area contributed by atoms with Gasteiger partial charge in [-0.15, -0.1) is 0 Å². The molecule has 2 N–H and O–H groups in total. The van der Waals surface area contributed by atoms with Gasteiger partial charge >= 0.3 is 5.69 Å². The Morgan fingerprint density at radius 3 is 2.78 bits per heavy atom. The second-order valence-electron chi connectivity index (χ2n) is 6.58. The molecule has 0 radical (unpaired) electrons. The van der Waals surface area contributed by atoms with E-state index < -0.39 is 10.8 Å². The van der Waals surface area contributed by atoms with Gasteiger partial charge in [0.2, 0.25) is 0 Å². The highest BCUT2D eigenvalue weighted by Crippen LogP contribution is 2.35. The molecular formula is C19H18N4O4. The van der Waals surface area contributed by atoms with Crippen molar-refractivity contribution in [2.24, 2.45) is 0 Å². The minimum Gasteiger partial charge on any atom is -0.490 e. The summed E-state index contributed by atoms with van der Waals surface area (Å²) in [7, 11) is 1.35. The molecule has 0 bridgehead atoms. The van der Waals surface area contributed by atoms with Crippen LogP contribution in [0.1, 0.15) is 41.4 Å². The monoisotopic (exact) mass is 366 g/mol. The van der Waals surface area contributed by atoms with Gasteiger partial charge in [-0.25, -0.2) is 4.98 Å². The molecule has 0 unspecified atom stereocenters. The van der Waals surface area contributed by atoms with E-state index in [1.807, 2.05) is 12.1 Å². The molecule has 0 aliphatic heterocycles. The van der Waals surface area contributed by atoms with Gasteiger partial charge in [0.25, 0.3) is 5.91 Å². The zero-order valence-corrected chi connectivity index (χ0v) is 14.7. The minimum absolute atomic E-state index is 0.110. The summed E-state index contributed by atoms with van der Waals surface area (Å²) in [5, 5.41) is 13.9. The van der Waals surface area contributed by atoms with E-state index in [2.05, 4.69) is 15.3 Å². The Hall–Kier alpha value is -3.42. The third-order valence-electron chi connectivity index (χ3n) is 4.89. The van der Waals surface area contributed by atoms with Crippen LogP contribution in [0.15, 0.2) is 36.4 Å². The van der Waals surface area contributed by atoms with Crippen molar-refractivity contribution < 1.29 is 14.5 Å². The van der Waals surface area contributed by atoms with E-state index in [9.17, 15) is 14.9 Å². The second-order valence-corrected chi connectivity index (χ2v) is 6.58. The number of methoxy groups -OCH3 is 1. The van der Waals surface area contributed by atoms with E-state index in [0.717, 1.165) is 29.7 Å². The highest BCUT2D eigenvalue weighted by Gasteiger charge is 2.23. The van der Waals surface area contributed by atoms with E-state index in [0.29, 0.717) is 11.6 Å². The number of aromatic nitrogens is 2. The lowest BCUT2D eigenvalue weighted by molar-refractivity contribution is -0.385. The van der Waals surface area contributed by atoms with Gasteiger partial charge in [-0.05, 0) is 43.2 Å². The predicted octanol–water partition coefficient (Wildman–Crippen LogP) is 4.00. The third kappa shape index (κ3) is 3.21. The van der Waals surface area contributed by atoms with Crippen molar-refractivity contribution in [3.63, 3.8) is 0 Å². The average molecular weight is 366 g/mol. The Morgan fingerprint density at radius 1 is 1.30 bits per heavy atom. The Balaban J connectivity index is 1.57. The molecule has 8 nitrogen and oxygen atoms in total. The molecule has 1 amide bonds. The summed E-state index contributed by atoms with van der Waals surface area (Å²) in [6, 6.07) is 9.54. The van der Waals surface area contributed by atoms with Crippen LogP contribution in [0, 0.1) is 10.1 Å². The molecule has 2 aromatic carbocycles. The van der Waals surface area contributed by atoms with Crippen molar-refractivity contribution in [3.05, 3.63) is 57.9 Å². The first-order valence-corrected chi connectivity index (χ1v) is 8.68. The summed E-state index contributed by atoms with van der Waals surface area (Å²) in [5.74, 6) is 1.17. The summed E-state index contributed by atoms with van der Waals surface area (Å²) in [6.45, 7) is 0. The molecule has 1 aromatic heterocycles. The quantitative estimate of drug-likeness (QED) is 0.524. The molecule has 8 heteroatoms. The highest BCUT2D eigenvalue weighted by atomic mass is 16.6. The number of aromatic amines is 1. The van der Waals surface area contributed by atoms with E-state index in [1.165, 1.54) is 31.7 Å². The van der Waals surface area contributed by atoms with E-state index in [-0.39, 0.29) is 17.0 Å². The van der Waals surface area contributed by atoms with Crippen LogP contribution in [0.2, 0.25) is 0 Å². The fourth-order valence-corrected chi connectivity index (χ4v) is 3.16. The lowest BCUT2D eigenvalue weighted by atomic mass is 9.85. The Labute approximate surface area is 154 Å². The van der Waals surface area contributed by atoms with Crippen LogP contribution < -0.4 is 10.1 Å². The van der Waals surface area contributed by atoms with Crippen molar-refractivity contribution in [2.45, 2.75) is 25.2 Å². The normalized spacial score (nSPS) is 14.0. The van der Waals surface area contributed by atoms with Crippen molar-refractivity contribution in [3.8, 4) is 5.75 Å². The first kappa shape index (κ1) is 17.0. The summed E-state index contributed by atoms with van der Waals surface area (Å²) >= 11 is 0. The fraction of sp³-hybridized carbons (Fsp3) is 0.263. The molecule has 3 aromatic rings. The SMILES string of the molecule is COc1ccc(C(=O)Nc2ccc3nc(C4CCC4)[nH]c3c2)cc1[N+](=O)[O-]. The van der Waals surface area contributed by atoms with Gasteiger partial charge in [-0.2, -0.15) is 0 Å². The number of nitro groups is 1. The molecule has 27 heavy (non-hydrogen) atoms. The van der Waals surface area contributed by atoms with Gasteiger partial charge < -0.3 is 15.0 Å². The fourth-order valence-electron chi connectivity index (χ4n) is 3.16. The Morgan fingerprint density at radius 2 is 2.11 bits per heavy atom. The van der Waals surface area contributed by atoms with Crippen molar-refractivity contribution in [1.29, 1.82) is 0 Å². The molecule has 1 aliphatic rings. The lowest BCUT2D eigenvalue weighted by Gasteiger charge is -2.22. The van der Waals surface area contributed by atoms with Crippen LogP contribution in [-0.4, -0.2) is 27.9 Å². The molecule has 138 valence electrons. The standard InChI is InChI=1S/C19H18N4O4/c1-27-17-8-5-12(9-16(17)23(25)26)19(24)20-13-6-7-14-15(10-13)22-18(21-14)11-3-2-4-11/h5-11H,2-4H2,1H3,(H,20,24)(H,21,22). The minimum atomic E-state index is -0.575. The predicted molar refractivity (Wildman–Crippen MR) is 100 cm³/mol. The maximum absolute atomic E-state index is 12.5. The van der Waals surface area contributed by atoms with Gasteiger partial charge in [-0.1, -0.05) is 6.42 Å². The van der Waals surface area contributed by atoms with Crippen LogP contribution in [-0.2, 0) is 0 Å². The van der Waals surface area contributed by atoms with E-state index in [4.69, 9.17) is 4.74 Å². The number of carbonyl (C=O) groups excluding carboxylic acids is 1. The molecule has 1 aliphatic carbocycles. The molecule has 4 rings (SSSR count). The number of anilines is 1. The smallest absolute Gasteiger partial charge is 0.311 e. The van der Waals surface area contributed by atoms with Crippen LogP contribution in [0.25, 0.3) is 11.0 Å². The maximum Gasteiger partial charge on any atom is 0.311 e. The number of amides is 1. The zero-order chi connectivity index (χ0) is 19.0. The van der Waals surface area contributed by atoms with Crippen LogP contribution in [0.4, 0.5) is 11.4 Å².